The number of carbonyl (C=O) groups is 2. The summed E-state index contributed by atoms with van der Waals surface area (Å²) in [5.41, 5.74) is -0.548. The van der Waals surface area contributed by atoms with Crippen molar-refractivity contribution in [3.05, 3.63) is 0 Å². The van der Waals surface area contributed by atoms with E-state index < -0.39 is 17.3 Å². The Morgan fingerprint density at radius 1 is 1.40 bits per heavy atom. The van der Waals surface area contributed by atoms with Crippen LogP contribution in [-0.4, -0.2) is 43.1 Å². The van der Waals surface area contributed by atoms with Gasteiger partial charge in [-0.3, -0.25) is 9.59 Å². The zero-order valence-electron chi connectivity index (χ0n) is 9.54. The van der Waals surface area contributed by atoms with Crippen LogP contribution in [0.15, 0.2) is 0 Å². The summed E-state index contributed by atoms with van der Waals surface area (Å²) in [7, 11) is 0. The van der Waals surface area contributed by atoms with Crippen molar-refractivity contribution in [2.75, 3.05) is 0 Å². The molecule has 3 nitrogen and oxygen atoms in total. The van der Waals surface area contributed by atoms with Gasteiger partial charge in [0.25, 0.3) is 0 Å². The van der Waals surface area contributed by atoms with Gasteiger partial charge >= 0.3 is 32.2 Å². The van der Waals surface area contributed by atoms with E-state index in [-0.39, 0.29) is 43.3 Å². The molecule has 0 aromatic carbocycles. The fraction of sp³-hybridized carbons (Fsp3) is 0.818. The molecule has 15 heavy (non-hydrogen) atoms. The predicted octanol–water partition coefficient (Wildman–Crippen LogP) is 0.528. The third-order valence-electron chi connectivity index (χ3n) is 4.80. The average Bonchev–Trinajstić information content (AvgIpc) is 2.35. The van der Waals surface area contributed by atoms with Gasteiger partial charge in [-0.1, -0.05) is 20.8 Å². The molecule has 0 radical (unpaired) electrons. The summed E-state index contributed by atoms with van der Waals surface area (Å²) >= 11 is 0. The van der Waals surface area contributed by atoms with Gasteiger partial charge in [0.15, 0.2) is 5.78 Å². The van der Waals surface area contributed by atoms with Gasteiger partial charge in [0.05, 0.1) is 0 Å². The van der Waals surface area contributed by atoms with Crippen LogP contribution in [0.5, 0.6) is 0 Å². The van der Waals surface area contributed by atoms with Gasteiger partial charge in [-0.15, -0.1) is 0 Å². The Hall–Kier alpha value is 0.0231. The van der Waals surface area contributed by atoms with Crippen molar-refractivity contribution in [1.29, 1.82) is 0 Å². The van der Waals surface area contributed by atoms with E-state index in [1.54, 1.807) is 0 Å². The Bertz CT molecular complexity index is 324. The zero-order valence-corrected chi connectivity index (χ0v) is 15.0. The van der Waals surface area contributed by atoms with Gasteiger partial charge in [-0.2, -0.15) is 0 Å². The number of fused-ring (bicyclic) bond motifs is 2. The van der Waals surface area contributed by atoms with Gasteiger partial charge < -0.3 is 5.11 Å². The normalized spacial score (nSPS) is 41.4. The van der Waals surface area contributed by atoms with Crippen LogP contribution in [0.25, 0.3) is 0 Å². The molecule has 0 aromatic rings. The van der Waals surface area contributed by atoms with Gasteiger partial charge in [-0.25, -0.2) is 0 Å². The molecule has 2 fully saturated rings. The van der Waals surface area contributed by atoms with Gasteiger partial charge in [0.2, 0.25) is 0 Å². The third kappa shape index (κ3) is 1.33. The molecule has 0 aromatic heterocycles. The maximum absolute atomic E-state index is 12.0. The van der Waals surface area contributed by atoms with E-state index in [0.717, 1.165) is 12.8 Å². The first kappa shape index (κ1) is 13.1. The quantitative estimate of drug-likeness (QED) is 0.509. The second kappa shape index (κ2) is 3.51. The molecule has 3 unspecified atom stereocenters. The summed E-state index contributed by atoms with van der Waals surface area (Å²) in [4.78, 5) is 23.0. The van der Waals surface area contributed by atoms with Crippen molar-refractivity contribution in [1.82, 2.24) is 0 Å². The number of aliphatic carboxylic acids is 1. The number of rotatable bonds is 1. The van der Waals surface area contributed by atoms with Crippen molar-refractivity contribution in [3.8, 4) is 0 Å². The third-order valence-corrected chi connectivity index (χ3v) is 4.80. The minimum absolute atomic E-state index is 0. The fourth-order valence-electron chi connectivity index (χ4n) is 3.37. The fourth-order valence-corrected chi connectivity index (χ4v) is 3.37. The van der Waals surface area contributed by atoms with Crippen molar-refractivity contribution in [3.63, 3.8) is 0 Å². The summed E-state index contributed by atoms with van der Waals surface area (Å²) in [6, 6.07) is 0. The Labute approximate surface area is 109 Å². The summed E-state index contributed by atoms with van der Waals surface area (Å²) < 4.78 is 0. The zero-order chi connectivity index (χ0) is 10.7. The molecular formula is C11H19BiO3. The number of carbonyl (C=O) groups excluding carboxylic acids is 1. The van der Waals surface area contributed by atoms with E-state index in [0.29, 0.717) is 0 Å². The van der Waals surface area contributed by atoms with Gasteiger partial charge in [0, 0.05) is 5.41 Å². The van der Waals surface area contributed by atoms with E-state index >= 15 is 0 Å². The van der Waals surface area contributed by atoms with Crippen LogP contribution in [0.2, 0.25) is 0 Å². The van der Waals surface area contributed by atoms with E-state index in [1.165, 1.54) is 0 Å². The molecule has 2 bridgehead atoms. The molecule has 0 amide bonds. The number of ketones is 1. The molecule has 0 heterocycles. The van der Waals surface area contributed by atoms with Crippen molar-refractivity contribution in [2.24, 2.45) is 22.7 Å². The Morgan fingerprint density at radius 3 is 2.20 bits per heavy atom. The van der Waals surface area contributed by atoms with E-state index in [1.807, 2.05) is 20.8 Å². The number of hydrogen-bond acceptors (Lipinski definition) is 2. The van der Waals surface area contributed by atoms with E-state index in [2.05, 4.69) is 0 Å². The topological polar surface area (TPSA) is 54.4 Å². The molecule has 2 aliphatic carbocycles. The molecule has 4 heteroatoms. The second-order valence-corrected chi connectivity index (χ2v) is 5.38. The summed E-state index contributed by atoms with van der Waals surface area (Å²) in [5.74, 6) is -1.69. The molecule has 86 valence electrons. The van der Waals surface area contributed by atoms with E-state index in [4.69, 9.17) is 5.11 Å². The van der Waals surface area contributed by atoms with Crippen LogP contribution >= 0.6 is 0 Å². The average molecular weight is 408 g/mol. The van der Waals surface area contributed by atoms with Gasteiger partial charge in [-0.05, 0) is 24.2 Å². The monoisotopic (exact) mass is 408 g/mol. The standard InChI is InChI=1S/C11H16O3.Bi.3H/c1-10(2)6-4-5-11(10,3)8(12)7(6)9(13)14;;;;/h6-7H,4-5H2,1-3H3,(H,13,14);;;;. The molecule has 2 saturated carbocycles. The van der Waals surface area contributed by atoms with Crippen LogP contribution in [-0.2, 0) is 9.59 Å². The molecule has 0 saturated heterocycles. The summed E-state index contributed by atoms with van der Waals surface area (Å²) in [6.45, 7) is 6.00. The summed E-state index contributed by atoms with van der Waals surface area (Å²) in [6.07, 6.45) is 1.74. The predicted molar refractivity (Wildman–Crippen MR) is 60.7 cm³/mol. The first-order valence-electron chi connectivity index (χ1n) is 5.09. The van der Waals surface area contributed by atoms with Crippen molar-refractivity contribution < 1.29 is 14.7 Å². The van der Waals surface area contributed by atoms with E-state index in [9.17, 15) is 9.59 Å². The first-order chi connectivity index (χ1) is 6.32. The Balaban J connectivity index is 0.00000112. The van der Waals surface area contributed by atoms with Crippen LogP contribution < -0.4 is 0 Å². The molecule has 0 spiro atoms. The molecular weight excluding hydrogens is 389 g/mol. The summed E-state index contributed by atoms with van der Waals surface area (Å²) in [5, 5.41) is 9.03. The van der Waals surface area contributed by atoms with Crippen LogP contribution in [0.1, 0.15) is 33.6 Å². The molecule has 3 atom stereocenters. The Morgan fingerprint density at radius 2 is 1.93 bits per heavy atom. The van der Waals surface area contributed by atoms with Crippen molar-refractivity contribution in [2.45, 2.75) is 33.6 Å². The molecule has 0 aliphatic heterocycles. The van der Waals surface area contributed by atoms with Gasteiger partial charge in [0.1, 0.15) is 5.92 Å². The molecule has 1 N–H and O–H groups in total. The first-order valence-corrected chi connectivity index (χ1v) is 5.09. The molecule has 2 aliphatic rings. The second-order valence-electron chi connectivity index (χ2n) is 5.38. The Kier molecular flexibility index (Phi) is 3.06. The van der Waals surface area contributed by atoms with Crippen LogP contribution in [0, 0.1) is 22.7 Å². The SMILES string of the molecule is CC12CCC(C(C(=O)O)C1=O)C2(C)C.[BiH3]. The van der Waals surface area contributed by atoms with Crippen LogP contribution in [0.4, 0.5) is 0 Å². The number of carboxylic acid groups (broad SMARTS) is 1. The molecule has 2 rings (SSSR count). The number of Topliss-reactive ketones (excluding diaryl/α,β-unsaturated/α-hetero) is 1. The van der Waals surface area contributed by atoms with Crippen LogP contribution in [0.3, 0.4) is 0 Å². The number of hydrogen-bond donors (Lipinski definition) is 1. The van der Waals surface area contributed by atoms with Crippen molar-refractivity contribution >= 4 is 38.0 Å². The minimum atomic E-state index is -0.934. The maximum atomic E-state index is 12.0. The number of carboxylic acids is 1.